The summed E-state index contributed by atoms with van der Waals surface area (Å²) in [7, 11) is 5.56. The molecular weight excluding hydrogens is 164 g/mol. The fraction of sp³-hybridized carbons (Fsp3) is 0.400. The summed E-state index contributed by atoms with van der Waals surface area (Å²) in [6, 6.07) is 7.78. The Kier molecular flexibility index (Phi) is 3.28. The number of ether oxygens (including phenoxy) is 1. The van der Waals surface area contributed by atoms with Crippen molar-refractivity contribution in [3.05, 3.63) is 29.8 Å². The van der Waals surface area contributed by atoms with Crippen molar-refractivity contribution in [1.82, 2.24) is 4.90 Å². The van der Waals surface area contributed by atoms with Gasteiger partial charge < -0.3 is 10.5 Å². The first-order chi connectivity index (χ1) is 6.15. The van der Waals surface area contributed by atoms with E-state index in [9.17, 15) is 0 Å². The number of nitrogens with two attached hydrogens (primary N) is 1. The molecule has 0 aliphatic rings. The molecule has 0 fully saturated rings. The molecule has 0 amide bonds. The molecule has 1 aromatic carbocycles. The van der Waals surface area contributed by atoms with Crippen LogP contribution in [0.5, 0.6) is 5.75 Å². The van der Waals surface area contributed by atoms with Crippen LogP contribution >= 0.6 is 0 Å². The highest BCUT2D eigenvalue weighted by Gasteiger charge is 2.06. The van der Waals surface area contributed by atoms with Crippen LogP contribution in [-0.2, 0) is 0 Å². The first-order valence-electron chi connectivity index (χ1n) is 4.21. The largest absolute Gasteiger partial charge is 0.497 e. The fourth-order valence-electron chi connectivity index (χ4n) is 1.10. The van der Waals surface area contributed by atoms with Crippen LogP contribution in [0.1, 0.15) is 11.7 Å². The molecule has 13 heavy (non-hydrogen) atoms. The van der Waals surface area contributed by atoms with Crippen molar-refractivity contribution in [2.75, 3.05) is 21.2 Å². The Morgan fingerprint density at radius 1 is 1.23 bits per heavy atom. The van der Waals surface area contributed by atoms with Crippen molar-refractivity contribution >= 4 is 0 Å². The number of hydrogen-bond donors (Lipinski definition) is 1. The summed E-state index contributed by atoms with van der Waals surface area (Å²) in [4.78, 5) is 1.96. The maximum Gasteiger partial charge on any atom is 0.118 e. The zero-order valence-corrected chi connectivity index (χ0v) is 8.32. The Morgan fingerprint density at radius 2 is 1.77 bits per heavy atom. The van der Waals surface area contributed by atoms with Crippen LogP contribution in [0.2, 0.25) is 0 Å². The van der Waals surface area contributed by atoms with Crippen molar-refractivity contribution in [1.29, 1.82) is 0 Å². The molecule has 1 rings (SSSR count). The molecule has 0 spiro atoms. The quantitative estimate of drug-likeness (QED) is 0.711. The van der Waals surface area contributed by atoms with Gasteiger partial charge in [0.05, 0.1) is 13.3 Å². The highest BCUT2D eigenvalue weighted by molar-refractivity contribution is 5.28. The molecule has 3 heteroatoms. The highest BCUT2D eigenvalue weighted by Crippen LogP contribution is 2.16. The molecule has 0 aromatic heterocycles. The average molecular weight is 180 g/mol. The molecule has 3 nitrogen and oxygen atoms in total. The SMILES string of the molecule is COc1ccc(C(N)N(C)C)cc1. The zero-order valence-electron chi connectivity index (χ0n) is 8.32. The second-order valence-electron chi connectivity index (χ2n) is 3.18. The topological polar surface area (TPSA) is 38.5 Å². The van der Waals surface area contributed by atoms with Crippen LogP contribution in [0.4, 0.5) is 0 Å². The van der Waals surface area contributed by atoms with Gasteiger partial charge in [-0.3, -0.25) is 4.90 Å². The molecule has 0 bridgehead atoms. The van der Waals surface area contributed by atoms with Gasteiger partial charge in [-0.2, -0.15) is 0 Å². The van der Waals surface area contributed by atoms with Crippen LogP contribution in [-0.4, -0.2) is 26.1 Å². The van der Waals surface area contributed by atoms with Crippen molar-refractivity contribution in [3.63, 3.8) is 0 Å². The third-order valence-corrected chi connectivity index (χ3v) is 2.01. The molecule has 72 valence electrons. The lowest BCUT2D eigenvalue weighted by Gasteiger charge is -2.19. The molecule has 1 unspecified atom stereocenters. The van der Waals surface area contributed by atoms with E-state index >= 15 is 0 Å². The van der Waals surface area contributed by atoms with E-state index in [2.05, 4.69) is 0 Å². The second kappa shape index (κ2) is 4.25. The minimum atomic E-state index is -0.0501. The lowest BCUT2D eigenvalue weighted by molar-refractivity contribution is 0.307. The molecule has 2 N–H and O–H groups in total. The number of benzene rings is 1. The summed E-state index contributed by atoms with van der Waals surface area (Å²) in [5.74, 6) is 0.856. The first kappa shape index (κ1) is 10.0. The van der Waals surface area contributed by atoms with Gasteiger partial charge in [-0.05, 0) is 31.8 Å². The molecular formula is C10H16N2O. The van der Waals surface area contributed by atoms with Crippen molar-refractivity contribution < 1.29 is 4.74 Å². The van der Waals surface area contributed by atoms with Gasteiger partial charge in [-0.1, -0.05) is 12.1 Å². The molecule has 0 saturated carbocycles. The molecule has 1 atom stereocenters. The van der Waals surface area contributed by atoms with Gasteiger partial charge in [0.25, 0.3) is 0 Å². The van der Waals surface area contributed by atoms with E-state index in [-0.39, 0.29) is 6.17 Å². The lowest BCUT2D eigenvalue weighted by Crippen LogP contribution is -2.27. The Morgan fingerprint density at radius 3 is 2.15 bits per heavy atom. The number of hydrogen-bond acceptors (Lipinski definition) is 3. The summed E-state index contributed by atoms with van der Waals surface area (Å²) >= 11 is 0. The third kappa shape index (κ3) is 2.44. The summed E-state index contributed by atoms with van der Waals surface area (Å²) in [6.07, 6.45) is -0.0501. The van der Waals surface area contributed by atoms with Gasteiger partial charge in [0.15, 0.2) is 0 Å². The van der Waals surface area contributed by atoms with Gasteiger partial charge in [0.1, 0.15) is 5.75 Å². The van der Waals surface area contributed by atoms with Gasteiger partial charge in [0.2, 0.25) is 0 Å². The predicted octanol–water partition coefficient (Wildman–Crippen LogP) is 1.21. The van der Waals surface area contributed by atoms with Gasteiger partial charge in [-0.25, -0.2) is 0 Å². The monoisotopic (exact) mass is 180 g/mol. The van der Waals surface area contributed by atoms with Crippen molar-refractivity contribution in [2.45, 2.75) is 6.17 Å². The zero-order chi connectivity index (χ0) is 9.84. The highest BCUT2D eigenvalue weighted by atomic mass is 16.5. The standard InChI is InChI=1S/C10H16N2O/c1-12(2)10(11)8-4-6-9(13-3)7-5-8/h4-7,10H,11H2,1-3H3. The van der Waals surface area contributed by atoms with E-state index in [1.807, 2.05) is 43.3 Å². The summed E-state index contributed by atoms with van der Waals surface area (Å²) in [6.45, 7) is 0. The minimum absolute atomic E-state index is 0.0501. The van der Waals surface area contributed by atoms with Crippen LogP contribution in [0.25, 0.3) is 0 Å². The van der Waals surface area contributed by atoms with E-state index in [0.717, 1.165) is 11.3 Å². The van der Waals surface area contributed by atoms with Crippen LogP contribution < -0.4 is 10.5 Å². The van der Waals surface area contributed by atoms with E-state index in [4.69, 9.17) is 10.5 Å². The van der Waals surface area contributed by atoms with E-state index in [1.54, 1.807) is 7.11 Å². The van der Waals surface area contributed by atoms with E-state index < -0.39 is 0 Å². The van der Waals surface area contributed by atoms with Gasteiger partial charge in [0, 0.05) is 0 Å². The second-order valence-corrected chi connectivity index (χ2v) is 3.18. The lowest BCUT2D eigenvalue weighted by atomic mass is 10.1. The maximum atomic E-state index is 5.91. The van der Waals surface area contributed by atoms with Gasteiger partial charge in [-0.15, -0.1) is 0 Å². The number of rotatable bonds is 3. The molecule has 0 aliphatic heterocycles. The summed E-state index contributed by atoms with van der Waals surface area (Å²) < 4.78 is 5.05. The number of methoxy groups -OCH3 is 1. The summed E-state index contributed by atoms with van der Waals surface area (Å²) in [5.41, 5.74) is 7.00. The van der Waals surface area contributed by atoms with Crippen LogP contribution in [0, 0.1) is 0 Å². The fourth-order valence-corrected chi connectivity index (χ4v) is 1.10. The molecule has 0 aliphatic carbocycles. The Labute approximate surface area is 79.1 Å². The normalized spacial score (nSPS) is 13.0. The minimum Gasteiger partial charge on any atom is -0.497 e. The van der Waals surface area contributed by atoms with E-state index in [0.29, 0.717) is 0 Å². The third-order valence-electron chi connectivity index (χ3n) is 2.01. The molecule has 0 heterocycles. The van der Waals surface area contributed by atoms with Gasteiger partial charge >= 0.3 is 0 Å². The van der Waals surface area contributed by atoms with Crippen LogP contribution in [0.3, 0.4) is 0 Å². The van der Waals surface area contributed by atoms with Crippen molar-refractivity contribution in [3.8, 4) is 5.75 Å². The number of nitrogens with zero attached hydrogens (tertiary/aromatic N) is 1. The average Bonchev–Trinajstić information content (AvgIpc) is 2.17. The Hall–Kier alpha value is -1.06. The Bertz CT molecular complexity index is 256. The van der Waals surface area contributed by atoms with E-state index in [1.165, 1.54) is 0 Å². The maximum absolute atomic E-state index is 5.91. The van der Waals surface area contributed by atoms with Crippen molar-refractivity contribution in [2.24, 2.45) is 5.73 Å². The molecule has 0 saturated heterocycles. The summed E-state index contributed by atoms with van der Waals surface area (Å²) in [5, 5.41) is 0. The molecule has 0 radical (unpaired) electrons. The first-order valence-corrected chi connectivity index (χ1v) is 4.21. The van der Waals surface area contributed by atoms with Crippen LogP contribution in [0.15, 0.2) is 24.3 Å². The molecule has 1 aromatic rings. The smallest absolute Gasteiger partial charge is 0.118 e. The predicted molar refractivity (Wildman–Crippen MR) is 53.6 cm³/mol. The Balaban J connectivity index is 2.79.